The summed E-state index contributed by atoms with van der Waals surface area (Å²) < 4.78 is 5.50. The Hall–Kier alpha value is -3.14. The normalized spacial score (nSPS) is 14.0. The van der Waals surface area contributed by atoms with Gasteiger partial charge in [-0.3, -0.25) is 9.69 Å². The van der Waals surface area contributed by atoms with Gasteiger partial charge in [-0.2, -0.15) is 0 Å². The fraction of sp³-hybridized carbons (Fsp3) is 0.182. The first-order chi connectivity index (χ1) is 12.7. The molecule has 3 aromatic rings. The number of Topliss-reactive ketones (excluding diaryl/α,β-unsaturated/α-hetero) is 1. The predicted octanol–water partition coefficient (Wildman–Crippen LogP) is 4.96. The molecule has 0 saturated heterocycles. The topological polar surface area (TPSA) is 46.6 Å². The molecule has 1 aliphatic heterocycles. The smallest absolute Gasteiger partial charge is 0.414 e. The van der Waals surface area contributed by atoms with Gasteiger partial charge in [0.05, 0.1) is 5.69 Å². The molecule has 1 amide bonds. The predicted molar refractivity (Wildman–Crippen MR) is 101 cm³/mol. The van der Waals surface area contributed by atoms with E-state index in [0.717, 1.165) is 16.3 Å². The fourth-order valence-corrected chi connectivity index (χ4v) is 3.31. The van der Waals surface area contributed by atoms with E-state index in [0.29, 0.717) is 30.6 Å². The third kappa shape index (κ3) is 3.18. The highest BCUT2D eigenvalue weighted by molar-refractivity contribution is 6.09. The van der Waals surface area contributed by atoms with Crippen LogP contribution in [0.2, 0.25) is 0 Å². The lowest BCUT2D eigenvalue weighted by Gasteiger charge is -2.22. The van der Waals surface area contributed by atoms with Gasteiger partial charge in [-0.1, -0.05) is 54.6 Å². The molecule has 0 radical (unpaired) electrons. The number of fused-ring (bicyclic) bond motifs is 2. The lowest BCUT2D eigenvalue weighted by molar-refractivity contribution is 0.0983. The molecule has 130 valence electrons. The van der Waals surface area contributed by atoms with Gasteiger partial charge in [0.1, 0.15) is 6.61 Å². The first-order valence-corrected chi connectivity index (χ1v) is 8.76. The van der Waals surface area contributed by atoms with E-state index in [2.05, 4.69) is 0 Å². The number of rotatable bonds is 2. The molecule has 0 spiro atoms. The van der Waals surface area contributed by atoms with Crippen molar-refractivity contribution in [3.8, 4) is 0 Å². The Morgan fingerprint density at radius 2 is 1.65 bits per heavy atom. The first-order valence-electron chi connectivity index (χ1n) is 8.76. The molecule has 0 N–H and O–H groups in total. The Labute approximate surface area is 152 Å². The van der Waals surface area contributed by atoms with E-state index in [9.17, 15) is 9.59 Å². The van der Waals surface area contributed by atoms with E-state index in [4.69, 9.17) is 4.74 Å². The van der Waals surface area contributed by atoms with Gasteiger partial charge in [-0.25, -0.2) is 4.79 Å². The average molecular weight is 345 g/mol. The summed E-state index contributed by atoms with van der Waals surface area (Å²) in [4.78, 5) is 26.8. The van der Waals surface area contributed by atoms with Gasteiger partial charge in [0, 0.05) is 18.5 Å². The van der Waals surface area contributed by atoms with E-state index < -0.39 is 6.09 Å². The van der Waals surface area contributed by atoms with Crippen molar-refractivity contribution >= 4 is 28.3 Å². The zero-order valence-corrected chi connectivity index (χ0v) is 14.4. The highest BCUT2D eigenvalue weighted by Crippen LogP contribution is 2.31. The highest BCUT2D eigenvalue weighted by Gasteiger charge is 2.26. The molecule has 4 nitrogen and oxygen atoms in total. The van der Waals surface area contributed by atoms with Crippen molar-refractivity contribution in [1.82, 2.24) is 0 Å². The molecule has 0 fully saturated rings. The summed E-state index contributed by atoms with van der Waals surface area (Å²) in [5.74, 6) is 0.0733. The molecule has 0 atom stereocenters. The number of carbonyl (C=O) groups is 2. The number of hydrogen-bond acceptors (Lipinski definition) is 3. The summed E-state index contributed by atoms with van der Waals surface area (Å²) in [6.45, 7) is 0.692. The Morgan fingerprint density at radius 3 is 2.42 bits per heavy atom. The van der Waals surface area contributed by atoms with Crippen LogP contribution in [0.4, 0.5) is 10.5 Å². The van der Waals surface area contributed by atoms with Gasteiger partial charge < -0.3 is 4.74 Å². The van der Waals surface area contributed by atoms with Crippen LogP contribution in [0.1, 0.15) is 28.8 Å². The minimum atomic E-state index is -0.417. The van der Waals surface area contributed by atoms with E-state index >= 15 is 0 Å². The zero-order valence-electron chi connectivity index (χ0n) is 14.4. The Balaban J connectivity index is 1.66. The minimum absolute atomic E-state index is 0.0733. The molecule has 0 unspecified atom stereocenters. The Morgan fingerprint density at radius 1 is 0.962 bits per heavy atom. The van der Waals surface area contributed by atoms with Gasteiger partial charge in [-0.05, 0) is 34.9 Å². The molecule has 4 heteroatoms. The van der Waals surface area contributed by atoms with Gasteiger partial charge >= 0.3 is 6.09 Å². The van der Waals surface area contributed by atoms with Crippen LogP contribution >= 0.6 is 0 Å². The lowest BCUT2D eigenvalue weighted by atomic mass is 10.0. The zero-order chi connectivity index (χ0) is 17.9. The Kier molecular flexibility index (Phi) is 4.40. The number of hydrogen-bond donors (Lipinski definition) is 0. The molecule has 26 heavy (non-hydrogen) atoms. The number of carbonyl (C=O) groups excluding carboxylic acids is 2. The molecule has 0 aliphatic carbocycles. The van der Waals surface area contributed by atoms with Crippen LogP contribution in [0.25, 0.3) is 10.8 Å². The number of ether oxygens (including phenoxy) is 1. The molecule has 0 bridgehead atoms. The fourth-order valence-electron chi connectivity index (χ4n) is 3.31. The number of anilines is 1. The maximum Gasteiger partial charge on any atom is 0.414 e. The number of benzene rings is 3. The molecule has 0 aromatic heterocycles. The van der Waals surface area contributed by atoms with Crippen LogP contribution < -0.4 is 4.90 Å². The van der Waals surface area contributed by atoms with Crippen LogP contribution in [-0.2, 0) is 11.3 Å². The summed E-state index contributed by atoms with van der Waals surface area (Å²) in [6, 6.07) is 21.2. The number of amides is 1. The van der Waals surface area contributed by atoms with E-state index in [1.807, 2.05) is 66.7 Å². The van der Waals surface area contributed by atoms with Gasteiger partial charge in [-0.15, -0.1) is 0 Å². The third-order valence-electron chi connectivity index (χ3n) is 4.67. The second kappa shape index (κ2) is 7.00. The summed E-state index contributed by atoms with van der Waals surface area (Å²) >= 11 is 0. The maximum absolute atomic E-state index is 12.7. The van der Waals surface area contributed by atoms with Crippen LogP contribution in [0, 0.1) is 0 Å². The second-order valence-corrected chi connectivity index (χ2v) is 6.44. The van der Waals surface area contributed by atoms with Crippen LogP contribution in [0.15, 0.2) is 66.7 Å². The van der Waals surface area contributed by atoms with Crippen molar-refractivity contribution in [1.29, 1.82) is 0 Å². The lowest BCUT2D eigenvalue weighted by Crippen LogP contribution is -2.32. The largest absolute Gasteiger partial charge is 0.444 e. The Bertz CT molecular complexity index is 966. The van der Waals surface area contributed by atoms with Gasteiger partial charge in [0.2, 0.25) is 0 Å². The van der Waals surface area contributed by atoms with Crippen molar-refractivity contribution < 1.29 is 14.3 Å². The SMILES string of the molecule is O=C1CCCN(C(=O)OCc2ccccc2)c2cc3ccccc3cc21. The average Bonchev–Trinajstić information content (AvgIpc) is 2.84. The quantitative estimate of drug-likeness (QED) is 0.659. The maximum atomic E-state index is 12.7. The van der Waals surface area contributed by atoms with Crippen LogP contribution in [-0.4, -0.2) is 18.4 Å². The molecule has 0 saturated carbocycles. The third-order valence-corrected chi connectivity index (χ3v) is 4.67. The van der Waals surface area contributed by atoms with Crippen molar-refractivity contribution in [2.45, 2.75) is 19.4 Å². The van der Waals surface area contributed by atoms with Crippen molar-refractivity contribution in [2.24, 2.45) is 0 Å². The van der Waals surface area contributed by atoms with E-state index in [-0.39, 0.29) is 12.4 Å². The molecule has 3 aromatic carbocycles. The van der Waals surface area contributed by atoms with Crippen LogP contribution in [0.3, 0.4) is 0 Å². The monoisotopic (exact) mass is 345 g/mol. The molecule has 1 heterocycles. The van der Waals surface area contributed by atoms with Crippen molar-refractivity contribution in [2.75, 3.05) is 11.4 Å². The highest BCUT2D eigenvalue weighted by atomic mass is 16.6. The molecule has 4 rings (SSSR count). The summed E-state index contributed by atoms with van der Waals surface area (Å²) in [7, 11) is 0. The van der Waals surface area contributed by atoms with Gasteiger partial charge in [0.15, 0.2) is 5.78 Å². The minimum Gasteiger partial charge on any atom is -0.444 e. The number of nitrogens with zero attached hydrogens (tertiary/aromatic N) is 1. The van der Waals surface area contributed by atoms with Crippen molar-refractivity contribution in [3.05, 3.63) is 77.9 Å². The summed E-state index contributed by atoms with van der Waals surface area (Å²) in [5, 5.41) is 2.00. The molecular weight excluding hydrogens is 326 g/mol. The van der Waals surface area contributed by atoms with Crippen molar-refractivity contribution in [3.63, 3.8) is 0 Å². The molecular formula is C22H19NO3. The van der Waals surface area contributed by atoms with Crippen LogP contribution in [0.5, 0.6) is 0 Å². The standard InChI is InChI=1S/C22H19NO3/c24-21-11-6-12-23(22(25)26-15-16-7-2-1-3-8-16)20-14-18-10-5-4-9-17(18)13-19(20)21/h1-5,7-10,13-14H,6,11-12,15H2. The summed E-state index contributed by atoms with van der Waals surface area (Å²) in [6.07, 6.45) is 0.651. The van der Waals surface area contributed by atoms with E-state index in [1.165, 1.54) is 0 Å². The first kappa shape index (κ1) is 16.3. The second-order valence-electron chi connectivity index (χ2n) is 6.44. The summed E-state index contributed by atoms with van der Waals surface area (Å²) in [5.41, 5.74) is 2.17. The van der Waals surface area contributed by atoms with E-state index in [1.54, 1.807) is 4.90 Å². The van der Waals surface area contributed by atoms with Gasteiger partial charge in [0.25, 0.3) is 0 Å². The number of ketones is 1. The molecule has 1 aliphatic rings.